The summed E-state index contributed by atoms with van der Waals surface area (Å²) in [5, 5.41) is 4.18. The Bertz CT molecular complexity index is 595. The van der Waals surface area contributed by atoms with Crippen molar-refractivity contribution < 1.29 is 0 Å². The molecule has 2 nitrogen and oxygen atoms in total. The highest BCUT2D eigenvalue weighted by Crippen LogP contribution is 2.43. The summed E-state index contributed by atoms with van der Waals surface area (Å²) >= 11 is 6.08. The van der Waals surface area contributed by atoms with Crippen LogP contribution in [-0.2, 0) is 0 Å². The molecule has 19 heavy (non-hydrogen) atoms. The lowest BCUT2D eigenvalue weighted by Gasteiger charge is -2.11. The van der Waals surface area contributed by atoms with Crippen LogP contribution in [0.25, 0.3) is 0 Å². The standard InChI is InChI=1S/C16H17ClN2/c1-10-7-14(18)13(17)9-15(10)19-16-8-12(16)11-5-3-2-4-6-11/h2-7,9,12,16,19H,8,18H2,1H3. The maximum atomic E-state index is 6.08. The van der Waals surface area contributed by atoms with Gasteiger partial charge < -0.3 is 11.1 Å². The van der Waals surface area contributed by atoms with E-state index in [1.807, 2.05) is 12.1 Å². The third-order valence-electron chi connectivity index (χ3n) is 3.70. The fraction of sp³-hybridized carbons (Fsp3) is 0.250. The van der Waals surface area contributed by atoms with Crippen LogP contribution in [-0.4, -0.2) is 6.04 Å². The van der Waals surface area contributed by atoms with E-state index in [0.29, 0.717) is 22.7 Å². The fourth-order valence-corrected chi connectivity index (χ4v) is 2.65. The molecule has 0 amide bonds. The van der Waals surface area contributed by atoms with Crippen molar-refractivity contribution in [1.82, 2.24) is 0 Å². The van der Waals surface area contributed by atoms with E-state index >= 15 is 0 Å². The number of aryl methyl sites for hydroxylation is 1. The van der Waals surface area contributed by atoms with Crippen LogP contribution in [0.4, 0.5) is 11.4 Å². The summed E-state index contributed by atoms with van der Waals surface area (Å²) in [7, 11) is 0. The van der Waals surface area contributed by atoms with Crippen molar-refractivity contribution in [3.05, 3.63) is 58.6 Å². The van der Waals surface area contributed by atoms with Crippen LogP contribution in [0.1, 0.15) is 23.5 Å². The second kappa shape index (κ2) is 4.78. The minimum absolute atomic E-state index is 0.501. The normalized spacial score (nSPS) is 21.2. The highest BCUT2D eigenvalue weighted by atomic mass is 35.5. The maximum absolute atomic E-state index is 6.08. The van der Waals surface area contributed by atoms with Crippen molar-refractivity contribution >= 4 is 23.0 Å². The zero-order chi connectivity index (χ0) is 13.4. The van der Waals surface area contributed by atoms with Gasteiger partial charge in [-0.3, -0.25) is 0 Å². The van der Waals surface area contributed by atoms with Crippen LogP contribution >= 0.6 is 11.6 Å². The summed E-state index contributed by atoms with van der Waals surface area (Å²) in [5.74, 6) is 0.608. The van der Waals surface area contributed by atoms with E-state index in [-0.39, 0.29) is 0 Å². The Morgan fingerprint density at radius 2 is 1.95 bits per heavy atom. The predicted molar refractivity (Wildman–Crippen MR) is 81.8 cm³/mol. The maximum Gasteiger partial charge on any atom is 0.0656 e. The lowest BCUT2D eigenvalue weighted by Crippen LogP contribution is -2.06. The van der Waals surface area contributed by atoms with Gasteiger partial charge in [0, 0.05) is 17.6 Å². The number of benzene rings is 2. The summed E-state index contributed by atoms with van der Waals surface area (Å²) in [6.07, 6.45) is 1.17. The van der Waals surface area contributed by atoms with Crippen LogP contribution in [0.15, 0.2) is 42.5 Å². The van der Waals surface area contributed by atoms with E-state index in [9.17, 15) is 0 Å². The quantitative estimate of drug-likeness (QED) is 0.822. The highest BCUT2D eigenvalue weighted by molar-refractivity contribution is 6.33. The molecule has 1 aliphatic rings. The SMILES string of the molecule is Cc1cc(N)c(Cl)cc1NC1CC1c1ccccc1. The predicted octanol–water partition coefficient (Wildman–Crippen LogP) is 4.20. The minimum atomic E-state index is 0.501. The average molecular weight is 273 g/mol. The first-order valence-electron chi connectivity index (χ1n) is 6.52. The van der Waals surface area contributed by atoms with Crippen LogP contribution in [0.5, 0.6) is 0 Å². The van der Waals surface area contributed by atoms with Crippen LogP contribution in [0.3, 0.4) is 0 Å². The largest absolute Gasteiger partial charge is 0.398 e. The van der Waals surface area contributed by atoms with Gasteiger partial charge in [-0.2, -0.15) is 0 Å². The zero-order valence-electron chi connectivity index (χ0n) is 10.9. The van der Waals surface area contributed by atoms with Crippen molar-refractivity contribution in [2.75, 3.05) is 11.1 Å². The number of rotatable bonds is 3. The number of halogens is 1. The Balaban J connectivity index is 1.73. The number of anilines is 2. The van der Waals surface area contributed by atoms with E-state index < -0.39 is 0 Å². The van der Waals surface area contributed by atoms with Gasteiger partial charge in [0.15, 0.2) is 0 Å². The second-order valence-corrected chi connectivity index (χ2v) is 5.60. The Labute approximate surface area is 118 Å². The molecular formula is C16H17ClN2. The molecule has 0 spiro atoms. The van der Waals surface area contributed by atoms with Crippen molar-refractivity contribution in [2.24, 2.45) is 0 Å². The topological polar surface area (TPSA) is 38.0 Å². The second-order valence-electron chi connectivity index (χ2n) is 5.19. The van der Waals surface area contributed by atoms with Crippen molar-refractivity contribution in [2.45, 2.75) is 25.3 Å². The molecule has 1 saturated carbocycles. The molecule has 3 N–H and O–H groups in total. The molecule has 2 aromatic rings. The van der Waals surface area contributed by atoms with Crippen LogP contribution in [0, 0.1) is 6.92 Å². The molecule has 3 heteroatoms. The average Bonchev–Trinajstić information content (AvgIpc) is 3.16. The molecule has 2 aromatic carbocycles. The smallest absolute Gasteiger partial charge is 0.0656 e. The zero-order valence-corrected chi connectivity index (χ0v) is 11.6. The minimum Gasteiger partial charge on any atom is -0.398 e. The van der Waals surface area contributed by atoms with Gasteiger partial charge in [0.25, 0.3) is 0 Å². The van der Waals surface area contributed by atoms with Gasteiger partial charge >= 0.3 is 0 Å². The lowest BCUT2D eigenvalue weighted by molar-refractivity contribution is 1.04. The van der Waals surface area contributed by atoms with Crippen LogP contribution in [0.2, 0.25) is 5.02 Å². The summed E-state index contributed by atoms with van der Waals surface area (Å²) in [6.45, 7) is 2.05. The van der Waals surface area contributed by atoms with Gasteiger partial charge in [-0.1, -0.05) is 41.9 Å². The molecule has 0 aromatic heterocycles. The van der Waals surface area contributed by atoms with Gasteiger partial charge in [-0.15, -0.1) is 0 Å². The number of nitrogens with one attached hydrogen (secondary N) is 1. The third-order valence-corrected chi connectivity index (χ3v) is 4.03. The first-order chi connectivity index (χ1) is 9.15. The summed E-state index contributed by atoms with van der Waals surface area (Å²) in [4.78, 5) is 0. The van der Waals surface area contributed by atoms with Gasteiger partial charge in [0.1, 0.15) is 0 Å². The van der Waals surface area contributed by atoms with Crippen molar-refractivity contribution in [1.29, 1.82) is 0 Å². The van der Waals surface area contributed by atoms with Gasteiger partial charge in [-0.05, 0) is 36.6 Å². The van der Waals surface area contributed by atoms with Crippen molar-refractivity contribution in [3.63, 3.8) is 0 Å². The fourth-order valence-electron chi connectivity index (χ4n) is 2.48. The molecule has 0 heterocycles. The van der Waals surface area contributed by atoms with Gasteiger partial charge in [0.05, 0.1) is 10.7 Å². The molecule has 0 bridgehead atoms. The summed E-state index contributed by atoms with van der Waals surface area (Å²) in [5.41, 5.74) is 10.1. The molecule has 0 aliphatic heterocycles. The highest BCUT2D eigenvalue weighted by Gasteiger charge is 2.38. The van der Waals surface area contributed by atoms with E-state index in [4.69, 9.17) is 17.3 Å². The van der Waals surface area contributed by atoms with E-state index in [1.165, 1.54) is 12.0 Å². The van der Waals surface area contributed by atoms with Crippen molar-refractivity contribution in [3.8, 4) is 0 Å². The molecule has 0 saturated heterocycles. The monoisotopic (exact) mass is 272 g/mol. The molecule has 98 valence electrons. The van der Waals surface area contributed by atoms with Crippen LogP contribution < -0.4 is 11.1 Å². The number of nitrogen functional groups attached to an aromatic ring is 1. The summed E-state index contributed by atoms with van der Waals surface area (Å²) in [6, 6.07) is 15.0. The number of nitrogens with two attached hydrogens (primary N) is 1. The molecule has 1 fully saturated rings. The molecule has 2 atom stereocenters. The third kappa shape index (κ3) is 2.54. The van der Waals surface area contributed by atoms with E-state index in [0.717, 1.165) is 11.3 Å². The van der Waals surface area contributed by atoms with E-state index in [2.05, 4.69) is 42.6 Å². The van der Waals surface area contributed by atoms with Gasteiger partial charge in [-0.25, -0.2) is 0 Å². The molecule has 2 unspecified atom stereocenters. The van der Waals surface area contributed by atoms with Gasteiger partial charge in [0.2, 0.25) is 0 Å². The molecule has 0 radical (unpaired) electrons. The number of hydrogen-bond donors (Lipinski definition) is 2. The molecule has 3 rings (SSSR count). The summed E-state index contributed by atoms with van der Waals surface area (Å²) < 4.78 is 0. The Morgan fingerprint density at radius 1 is 1.21 bits per heavy atom. The Hall–Kier alpha value is -1.67. The Morgan fingerprint density at radius 3 is 2.68 bits per heavy atom. The molecular weight excluding hydrogens is 256 g/mol. The first-order valence-corrected chi connectivity index (χ1v) is 6.90. The first kappa shape index (κ1) is 12.4. The Kier molecular flexibility index (Phi) is 3.11. The lowest BCUT2D eigenvalue weighted by atomic mass is 10.1. The van der Waals surface area contributed by atoms with E-state index in [1.54, 1.807) is 0 Å². The number of hydrogen-bond acceptors (Lipinski definition) is 2. The molecule has 1 aliphatic carbocycles.